The zero-order chi connectivity index (χ0) is 19.1. The molecule has 2 heterocycles. The zero-order valence-electron chi connectivity index (χ0n) is 14.0. The summed E-state index contributed by atoms with van der Waals surface area (Å²) in [6.45, 7) is 0. The molecule has 10 heteroatoms. The van der Waals surface area contributed by atoms with Crippen LogP contribution in [0.3, 0.4) is 0 Å². The minimum Gasteiger partial charge on any atom is -0.478 e. The van der Waals surface area contributed by atoms with E-state index >= 15 is 0 Å². The van der Waals surface area contributed by atoms with Crippen LogP contribution in [0.1, 0.15) is 0 Å². The summed E-state index contributed by atoms with van der Waals surface area (Å²) < 4.78 is 51.4. The number of amidine groups is 1. The lowest BCUT2D eigenvalue weighted by atomic mass is 9.94. The average molecular weight is 392 g/mol. The van der Waals surface area contributed by atoms with Crippen molar-refractivity contribution in [3.05, 3.63) is 30.3 Å². The number of thioether (sulfide) groups is 1. The van der Waals surface area contributed by atoms with E-state index < -0.39 is 42.1 Å². The minimum absolute atomic E-state index is 0.00783. The number of nitrogens with zero attached hydrogens (tertiary/aromatic N) is 2. The molecule has 6 atom stereocenters. The molecule has 0 saturated carbocycles. The summed E-state index contributed by atoms with van der Waals surface area (Å²) in [7, 11) is 3.45. The average Bonchev–Trinajstić information content (AvgIpc) is 3.01. The Hall–Kier alpha value is -1.49. The van der Waals surface area contributed by atoms with Crippen LogP contribution in [0.5, 0.6) is 5.75 Å². The molecule has 2 aliphatic heterocycles. The number of aliphatic hydroxyl groups excluding tert-OH is 2. The van der Waals surface area contributed by atoms with Crippen LogP contribution in [0.15, 0.2) is 35.3 Å². The second-order valence-electron chi connectivity index (χ2n) is 6.26. The summed E-state index contributed by atoms with van der Waals surface area (Å²) in [5, 5.41) is 21.1. The molecule has 6 nitrogen and oxygen atoms in total. The first-order valence-electron chi connectivity index (χ1n) is 7.90. The number of halogens is 3. The normalized spacial score (nSPS) is 32.6. The molecule has 0 spiro atoms. The summed E-state index contributed by atoms with van der Waals surface area (Å²) in [4.78, 5) is 5.90. The van der Waals surface area contributed by atoms with E-state index in [0.717, 1.165) is 11.8 Å². The maximum absolute atomic E-state index is 13.6. The van der Waals surface area contributed by atoms with E-state index in [1.165, 1.54) is 24.3 Å². The Morgan fingerprint density at radius 1 is 1.19 bits per heavy atom. The lowest BCUT2D eigenvalue weighted by Gasteiger charge is -2.41. The van der Waals surface area contributed by atoms with Crippen molar-refractivity contribution in [3.63, 3.8) is 0 Å². The van der Waals surface area contributed by atoms with Crippen LogP contribution in [-0.2, 0) is 4.74 Å². The molecule has 0 aromatic heterocycles. The standard InChI is InChI=1S/C16H19F3N2O4S/c1-21(2)15-20-9-10(22)11(23)12(25-14(9)26-15)13(16(17,18)19)24-8-6-4-3-5-7-8/h3-7,9-14,22-23H,1-2H3/t9-,10-,11+,12+,13+,14-/m1/s1. The first kappa shape index (κ1) is 19.3. The van der Waals surface area contributed by atoms with E-state index in [0.29, 0.717) is 5.17 Å². The third kappa shape index (κ3) is 3.78. The Labute approximate surface area is 152 Å². The van der Waals surface area contributed by atoms with Gasteiger partial charge in [0.1, 0.15) is 35.5 Å². The highest BCUT2D eigenvalue weighted by atomic mass is 32.2. The van der Waals surface area contributed by atoms with Crippen LogP contribution in [0.2, 0.25) is 0 Å². The molecule has 0 amide bonds. The van der Waals surface area contributed by atoms with Crippen molar-refractivity contribution in [2.24, 2.45) is 4.99 Å². The van der Waals surface area contributed by atoms with Crippen LogP contribution in [-0.4, -0.2) is 76.4 Å². The van der Waals surface area contributed by atoms with Crippen molar-refractivity contribution in [1.82, 2.24) is 4.90 Å². The molecule has 1 fully saturated rings. The third-order valence-corrected chi connectivity index (χ3v) is 5.40. The van der Waals surface area contributed by atoms with Gasteiger partial charge < -0.3 is 24.6 Å². The van der Waals surface area contributed by atoms with Gasteiger partial charge in [-0.3, -0.25) is 4.99 Å². The Kier molecular flexibility index (Phi) is 5.38. The lowest BCUT2D eigenvalue weighted by molar-refractivity contribution is -0.263. The fourth-order valence-corrected chi connectivity index (χ4v) is 3.95. The van der Waals surface area contributed by atoms with Gasteiger partial charge in [-0.25, -0.2) is 0 Å². The van der Waals surface area contributed by atoms with Gasteiger partial charge in [0.15, 0.2) is 5.17 Å². The number of para-hydroxylation sites is 1. The van der Waals surface area contributed by atoms with Crippen molar-refractivity contribution in [1.29, 1.82) is 0 Å². The third-order valence-electron chi connectivity index (χ3n) is 4.10. The molecule has 0 radical (unpaired) electrons. The number of ether oxygens (including phenoxy) is 2. The summed E-state index contributed by atoms with van der Waals surface area (Å²) in [6.07, 6.45) is -12.3. The Morgan fingerprint density at radius 3 is 2.42 bits per heavy atom. The van der Waals surface area contributed by atoms with Crippen molar-refractivity contribution < 1.29 is 32.9 Å². The Balaban J connectivity index is 1.84. The summed E-state index contributed by atoms with van der Waals surface area (Å²) in [5.74, 6) is -0.00783. The van der Waals surface area contributed by atoms with Crippen LogP contribution >= 0.6 is 11.8 Å². The highest BCUT2D eigenvalue weighted by molar-refractivity contribution is 8.14. The van der Waals surface area contributed by atoms with E-state index in [-0.39, 0.29) is 5.75 Å². The largest absolute Gasteiger partial charge is 0.478 e. The minimum atomic E-state index is -4.80. The number of benzene rings is 1. The monoisotopic (exact) mass is 392 g/mol. The van der Waals surface area contributed by atoms with Gasteiger partial charge in [0.05, 0.1) is 0 Å². The van der Waals surface area contributed by atoms with Gasteiger partial charge in [-0.05, 0) is 12.1 Å². The summed E-state index contributed by atoms with van der Waals surface area (Å²) in [6, 6.07) is 6.64. The second-order valence-corrected chi connectivity index (χ2v) is 7.32. The van der Waals surface area contributed by atoms with Crippen LogP contribution in [0.25, 0.3) is 0 Å². The van der Waals surface area contributed by atoms with Crippen LogP contribution in [0.4, 0.5) is 13.2 Å². The number of hydrogen-bond acceptors (Lipinski definition) is 7. The second kappa shape index (κ2) is 7.26. The van der Waals surface area contributed by atoms with Gasteiger partial charge in [-0.2, -0.15) is 13.2 Å². The van der Waals surface area contributed by atoms with Crippen molar-refractivity contribution in [2.45, 2.75) is 42.1 Å². The van der Waals surface area contributed by atoms with E-state index in [2.05, 4.69) is 4.99 Å². The molecule has 1 saturated heterocycles. The number of hydrogen-bond donors (Lipinski definition) is 2. The van der Waals surface area contributed by atoms with Crippen molar-refractivity contribution in [2.75, 3.05) is 14.1 Å². The Morgan fingerprint density at radius 2 is 1.85 bits per heavy atom. The van der Waals surface area contributed by atoms with Crippen molar-refractivity contribution >= 4 is 16.9 Å². The fourth-order valence-electron chi connectivity index (χ4n) is 2.81. The van der Waals surface area contributed by atoms with Gasteiger partial charge in [-0.1, -0.05) is 30.0 Å². The highest BCUT2D eigenvalue weighted by Crippen LogP contribution is 2.41. The smallest absolute Gasteiger partial charge is 0.428 e. The van der Waals surface area contributed by atoms with Gasteiger partial charge in [0, 0.05) is 14.1 Å². The first-order chi connectivity index (χ1) is 12.2. The summed E-state index contributed by atoms with van der Waals surface area (Å²) in [5.41, 5.74) is -0.833. The molecule has 1 aromatic carbocycles. The predicted molar refractivity (Wildman–Crippen MR) is 90.1 cm³/mol. The molecular weight excluding hydrogens is 373 g/mol. The molecule has 2 aliphatic rings. The number of aliphatic imine (C=N–C) groups is 1. The molecule has 0 unspecified atom stereocenters. The van der Waals surface area contributed by atoms with E-state index in [4.69, 9.17) is 9.47 Å². The zero-order valence-corrected chi connectivity index (χ0v) is 14.8. The fraction of sp³-hybridized carbons (Fsp3) is 0.562. The highest BCUT2D eigenvalue weighted by Gasteiger charge is 2.57. The van der Waals surface area contributed by atoms with Crippen LogP contribution in [0, 0.1) is 0 Å². The molecule has 3 rings (SSSR count). The molecule has 26 heavy (non-hydrogen) atoms. The summed E-state index contributed by atoms with van der Waals surface area (Å²) >= 11 is 1.11. The van der Waals surface area contributed by atoms with E-state index in [9.17, 15) is 23.4 Å². The first-order valence-corrected chi connectivity index (χ1v) is 8.78. The van der Waals surface area contributed by atoms with Gasteiger partial charge in [0.25, 0.3) is 0 Å². The number of aliphatic hydroxyl groups is 2. The maximum Gasteiger partial charge on any atom is 0.428 e. The molecule has 0 bridgehead atoms. The molecular formula is C16H19F3N2O4S. The van der Waals surface area contributed by atoms with E-state index in [1.807, 2.05) is 0 Å². The van der Waals surface area contributed by atoms with Gasteiger partial charge in [0.2, 0.25) is 6.10 Å². The number of fused-ring (bicyclic) bond motifs is 1. The van der Waals surface area contributed by atoms with Crippen LogP contribution < -0.4 is 4.74 Å². The predicted octanol–water partition coefficient (Wildman–Crippen LogP) is 1.48. The number of rotatable bonds is 3. The van der Waals surface area contributed by atoms with Gasteiger partial charge in [-0.15, -0.1) is 0 Å². The lowest BCUT2D eigenvalue weighted by Crippen LogP contribution is -2.62. The molecule has 144 valence electrons. The molecule has 0 aliphatic carbocycles. The molecule has 1 aromatic rings. The number of alkyl halides is 3. The van der Waals surface area contributed by atoms with Gasteiger partial charge >= 0.3 is 6.18 Å². The topological polar surface area (TPSA) is 74.5 Å². The Bertz CT molecular complexity index is 659. The SMILES string of the molecule is CN(C)C1=N[C@@H]2[C@@H](O)[C@H](O)[C@@H]([C@H](Oc3ccccc3)C(F)(F)F)O[C@@H]2S1. The van der Waals surface area contributed by atoms with E-state index in [1.54, 1.807) is 25.1 Å². The maximum atomic E-state index is 13.6. The quantitative estimate of drug-likeness (QED) is 0.812. The van der Waals surface area contributed by atoms with Crippen molar-refractivity contribution in [3.8, 4) is 5.75 Å². The molecule has 2 N–H and O–H groups in total.